The molecule has 3 aromatic rings. The lowest BCUT2D eigenvalue weighted by Crippen LogP contribution is -2.26. The van der Waals surface area contributed by atoms with Crippen LogP contribution in [0.25, 0.3) is 5.65 Å². The van der Waals surface area contributed by atoms with Crippen LogP contribution in [0.1, 0.15) is 16.3 Å². The van der Waals surface area contributed by atoms with E-state index in [1.54, 1.807) is 13.1 Å². The summed E-state index contributed by atoms with van der Waals surface area (Å²) in [6.07, 6.45) is 2.48. The van der Waals surface area contributed by atoms with Crippen LogP contribution in [0.2, 0.25) is 0 Å². The maximum atomic E-state index is 12.0. The van der Waals surface area contributed by atoms with Crippen LogP contribution in [0.3, 0.4) is 0 Å². The molecule has 0 bridgehead atoms. The minimum atomic E-state index is -0.243. The number of fused-ring (bicyclic) bond motifs is 1. The van der Waals surface area contributed by atoms with Crippen LogP contribution in [0, 0.1) is 0 Å². The van der Waals surface area contributed by atoms with Crippen molar-refractivity contribution in [2.75, 3.05) is 13.7 Å². The van der Waals surface area contributed by atoms with Gasteiger partial charge in [-0.3, -0.25) is 9.20 Å². The largest absolute Gasteiger partial charge is 0.481 e. The highest BCUT2D eigenvalue weighted by Crippen LogP contribution is 2.10. The molecular formula is C14H16N6O2. The summed E-state index contributed by atoms with van der Waals surface area (Å²) in [6, 6.07) is 7.31. The number of hydrogen-bond acceptors (Lipinski definition) is 5. The number of ether oxygens (including phenoxy) is 1. The van der Waals surface area contributed by atoms with Gasteiger partial charge in [0.2, 0.25) is 5.88 Å². The predicted molar refractivity (Wildman–Crippen MR) is 78.8 cm³/mol. The molecule has 3 aromatic heterocycles. The average molecular weight is 300 g/mol. The number of aryl methyl sites for hydroxylation is 1. The van der Waals surface area contributed by atoms with Gasteiger partial charge in [-0.25, -0.2) is 4.68 Å². The topological polar surface area (TPSA) is 86.3 Å². The molecule has 22 heavy (non-hydrogen) atoms. The van der Waals surface area contributed by atoms with Crippen LogP contribution in [0.4, 0.5) is 0 Å². The molecule has 0 atom stereocenters. The van der Waals surface area contributed by atoms with Crippen molar-refractivity contribution in [3.8, 4) is 5.88 Å². The number of pyridine rings is 1. The summed E-state index contributed by atoms with van der Waals surface area (Å²) < 4.78 is 8.50. The zero-order valence-electron chi connectivity index (χ0n) is 12.4. The van der Waals surface area contributed by atoms with Gasteiger partial charge in [-0.2, -0.15) is 5.10 Å². The third kappa shape index (κ3) is 2.62. The van der Waals surface area contributed by atoms with Crippen molar-refractivity contribution in [1.82, 2.24) is 29.7 Å². The van der Waals surface area contributed by atoms with E-state index in [9.17, 15) is 4.79 Å². The van der Waals surface area contributed by atoms with E-state index in [1.165, 1.54) is 11.8 Å². The first-order chi connectivity index (χ1) is 10.7. The Hall–Kier alpha value is -2.90. The van der Waals surface area contributed by atoms with Gasteiger partial charge in [-0.15, -0.1) is 10.2 Å². The highest BCUT2D eigenvalue weighted by Gasteiger charge is 2.13. The number of amides is 1. The van der Waals surface area contributed by atoms with Crippen molar-refractivity contribution in [3.05, 3.63) is 42.0 Å². The fourth-order valence-electron chi connectivity index (χ4n) is 2.19. The SMILES string of the molecule is COc1cc(C(=O)NCCc2nnc3ccccn23)nn1C. The second-order valence-electron chi connectivity index (χ2n) is 4.75. The molecule has 1 N–H and O–H groups in total. The lowest BCUT2D eigenvalue weighted by Gasteiger charge is -2.02. The van der Waals surface area contributed by atoms with Gasteiger partial charge in [0.25, 0.3) is 5.91 Å². The normalized spacial score (nSPS) is 10.8. The van der Waals surface area contributed by atoms with E-state index in [0.29, 0.717) is 24.5 Å². The number of carbonyl (C=O) groups is 1. The number of hydrogen-bond donors (Lipinski definition) is 1. The summed E-state index contributed by atoms with van der Waals surface area (Å²) in [5.41, 5.74) is 1.11. The van der Waals surface area contributed by atoms with E-state index in [4.69, 9.17) is 4.74 Å². The molecule has 0 radical (unpaired) electrons. The van der Waals surface area contributed by atoms with Crippen LogP contribution < -0.4 is 10.1 Å². The van der Waals surface area contributed by atoms with Gasteiger partial charge in [0.15, 0.2) is 11.3 Å². The molecule has 3 heterocycles. The first-order valence-electron chi connectivity index (χ1n) is 6.84. The predicted octanol–water partition coefficient (Wildman–Crippen LogP) is 0.444. The zero-order valence-corrected chi connectivity index (χ0v) is 12.4. The Morgan fingerprint density at radius 2 is 2.23 bits per heavy atom. The van der Waals surface area contributed by atoms with Crippen molar-refractivity contribution >= 4 is 11.6 Å². The van der Waals surface area contributed by atoms with Crippen molar-refractivity contribution < 1.29 is 9.53 Å². The van der Waals surface area contributed by atoms with E-state index in [2.05, 4.69) is 20.6 Å². The number of aromatic nitrogens is 5. The highest BCUT2D eigenvalue weighted by molar-refractivity contribution is 5.92. The summed E-state index contributed by atoms with van der Waals surface area (Å²) in [5, 5.41) is 15.1. The van der Waals surface area contributed by atoms with Crippen LogP contribution in [0.5, 0.6) is 5.88 Å². The molecule has 0 saturated heterocycles. The molecule has 0 spiro atoms. The summed E-state index contributed by atoms with van der Waals surface area (Å²) in [5.74, 6) is 1.09. The quantitative estimate of drug-likeness (QED) is 0.739. The summed E-state index contributed by atoms with van der Waals surface area (Å²) in [4.78, 5) is 12.0. The number of methoxy groups -OCH3 is 1. The molecule has 0 aromatic carbocycles. The molecule has 0 aliphatic heterocycles. The summed E-state index contributed by atoms with van der Waals surface area (Å²) in [7, 11) is 3.26. The monoisotopic (exact) mass is 300 g/mol. The Kier molecular flexibility index (Phi) is 3.73. The van der Waals surface area contributed by atoms with E-state index in [0.717, 1.165) is 11.5 Å². The smallest absolute Gasteiger partial charge is 0.271 e. The molecule has 0 saturated carbocycles. The maximum absolute atomic E-state index is 12.0. The second-order valence-corrected chi connectivity index (χ2v) is 4.75. The second kappa shape index (κ2) is 5.84. The van der Waals surface area contributed by atoms with E-state index < -0.39 is 0 Å². The van der Waals surface area contributed by atoms with E-state index in [1.807, 2.05) is 28.8 Å². The standard InChI is InChI=1S/C14H16N6O2/c1-19-13(22-2)9-10(18-19)14(21)15-7-6-12-17-16-11-5-3-4-8-20(11)12/h3-5,8-9H,6-7H2,1-2H3,(H,15,21). The third-order valence-corrected chi connectivity index (χ3v) is 3.30. The molecule has 0 fully saturated rings. The number of carbonyl (C=O) groups excluding carboxylic acids is 1. The van der Waals surface area contributed by atoms with Crippen LogP contribution in [-0.2, 0) is 13.5 Å². The van der Waals surface area contributed by atoms with Crippen molar-refractivity contribution in [2.24, 2.45) is 7.05 Å². The van der Waals surface area contributed by atoms with Crippen LogP contribution in [0.15, 0.2) is 30.5 Å². The van der Waals surface area contributed by atoms with Gasteiger partial charge in [-0.05, 0) is 12.1 Å². The molecule has 1 amide bonds. The van der Waals surface area contributed by atoms with E-state index >= 15 is 0 Å². The highest BCUT2D eigenvalue weighted by atomic mass is 16.5. The number of nitrogens with zero attached hydrogens (tertiary/aromatic N) is 5. The van der Waals surface area contributed by atoms with Crippen molar-refractivity contribution in [3.63, 3.8) is 0 Å². The van der Waals surface area contributed by atoms with Crippen LogP contribution >= 0.6 is 0 Å². The van der Waals surface area contributed by atoms with Crippen molar-refractivity contribution in [1.29, 1.82) is 0 Å². The van der Waals surface area contributed by atoms with Crippen LogP contribution in [-0.4, -0.2) is 43.9 Å². The minimum Gasteiger partial charge on any atom is -0.481 e. The molecule has 0 aliphatic carbocycles. The first-order valence-corrected chi connectivity index (χ1v) is 6.84. The van der Waals surface area contributed by atoms with Gasteiger partial charge >= 0.3 is 0 Å². The molecule has 3 rings (SSSR count). The molecule has 0 aliphatic rings. The van der Waals surface area contributed by atoms with Gasteiger partial charge in [0, 0.05) is 32.3 Å². The number of rotatable bonds is 5. The Labute approximate surface area is 126 Å². The molecule has 0 unspecified atom stereocenters. The third-order valence-electron chi connectivity index (χ3n) is 3.30. The molecular weight excluding hydrogens is 284 g/mol. The molecule has 8 heteroatoms. The summed E-state index contributed by atoms with van der Waals surface area (Å²) >= 11 is 0. The fraction of sp³-hybridized carbons (Fsp3) is 0.286. The van der Waals surface area contributed by atoms with E-state index in [-0.39, 0.29) is 5.91 Å². The van der Waals surface area contributed by atoms with Gasteiger partial charge in [0.05, 0.1) is 7.11 Å². The lowest BCUT2D eigenvalue weighted by atomic mass is 10.3. The Bertz CT molecular complexity index is 807. The molecule has 8 nitrogen and oxygen atoms in total. The van der Waals surface area contributed by atoms with Gasteiger partial charge in [-0.1, -0.05) is 6.07 Å². The van der Waals surface area contributed by atoms with Gasteiger partial charge in [0.1, 0.15) is 5.82 Å². The minimum absolute atomic E-state index is 0.243. The Balaban J connectivity index is 1.61. The van der Waals surface area contributed by atoms with Gasteiger partial charge < -0.3 is 10.1 Å². The molecule has 114 valence electrons. The summed E-state index contributed by atoms with van der Waals surface area (Å²) in [6.45, 7) is 0.452. The first kappa shape index (κ1) is 14.1. The van der Waals surface area contributed by atoms with Crippen molar-refractivity contribution in [2.45, 2.75) is 6.42 Å². The Morgan fingerprint density at radius 1 is 1.36 bits per heavy atom. The Morgan fingerprint density at radius 3 is 3.00 bits per heavy atom. The lowest BCUT2D eigenvalue weighted by molar-refractivity contribution is 0.0948. The average Bonchev–Trinajstić information content (AvgIpc) is 3.11. The number of nitrogens with one attached hydrogen (secondary N) is 1. The maximum Gasteiger partial charge on any atom is 0.271 e. The zero-order chi connectivity index (χ0) is 15.5. The fourth-order valence-corrected chi connectivity index (χ4v) is 2.19.